The summed E-state index contributed by atoms with van der Waals surface area (Å²) in [6.45, 7) is 2.16. The van der Waals surface area contributed by atoms with Gasteiger partial charge in [-0.1, -0.05) is 37.3 Å². The Balaban J connectivity index is 1.85. The molecule has 1 heterocycles. The van der Waals surface area contributed by atoms with Crippen molar-refractivity contribution < 1.29 is 19.1 Å². The lowest BCUT2D eigenvalue weighted by molar-refractivity contribution is -0.111. The number of fused-ring (bicyclic) bond motifs is 1. The molecule has 3 rings (SSSR count). The van der Waals surface area contributed by atoms with Crippen molar-refractivity contribution in [3.63, 3.8) is 0 Å². The number of thiophene rings is 1. The van der Waals surface area contributed by atoms with Crippen molar-refractivity contribution in [1.82, 2.24) is 5.32 Å². The number of anilines is 1. The van der Waals surface area contributed by atoms with E-state index in [0.29, 0.717) is 16.5 Å². The van der Waals surface area contributed by atoms with Crippen LogP contribution in [0.3, 0.4) is 0 Å². The summed E-state index contributed by atoms with van der Waals surface area (Å²) < 4.78 is 4.52. The second-order valence-corrected chi connectivity index (χ2v) is 7.84. The fourth-order valence-corrected chi connectivity index (χ4v) is 4.59. The molecule has 0 radical (unpaired) electrons. The monoisotopic (exact) mass is 398 g/mol. The van der Waals surface area contributed by atoms with Crippen LogP contribution in [-0.4, -0.2) is 25.0 Å². The molecular formula is C21H22N2O4S. The molecule has 0 aliphatic heterocycles. The highest BCUT2D eigenvalue weighted by molar-refractivity contribution is 7.17. The van der Waals surface area contributed by atoms with Gasteiger partial charge in [0.25, 0.3) is 5.91 Å². The molecule has 0 unspecified atom stereocenters. The molecule has 1 aromatic carbocycles. The summed E-state index contributed by atoms with van der Waals surface area (Å²) in [5.74, 6) is -0.368. The lowest BCUT2D eigenvalue weighted by Gasteiger charge is -2.18. The maximum absolute atomic E-state index is 12.6. The van der Waals surface area contributed by atoms with Crippen molar-refractivity contribution >= 4 is 40.3 Å². The molecule has 0 bridgehead atoms. The van der Waals surface area contributed by atoms with Crippen molar-refractivity contribution in [2.45, 2.75) is 26.2 Å². The maximum Gasteiger partial charge on any atom is 0.413 e. The Morgan fingerprint density at radius 1 is 1.21 bits per heavy atom. The van der Waals surface area contributed by atoms with Crippen LogP contribution in [0.1, 0.15) is 39.7 Å². The van der Waals surface area contributed by atoms with Crippen LogP contribution >= 0.6 is 11.3 Å². The van der Waals surface area contributed by atoms with E-state index in [0.717, 1.165) is 35.3 Å². The fraction of sp³-hybridized carbons (Fsp3) is 0.286. The Bertz CT molecular complexity index is 918. The first-order chi connectivity index (χ1) is 13.5. The first-order valence-electron chi connectivity index (χ1n) is 9.06. The Labute approximate surface area is 167 Å². The summed E-state index contributed by atoms with van der Waals surface area (Å²) in [4.78, 5) is 37.6. The molecule has 7 heteroatoms. The van der Waals surface area contributed by atoms with Crippen LogP contribution in [0.15, 0.2) is 36.4 Å². The zero-order valence-electron chi connectivity index (χ0n) is 15.8. The predicted molar refractivity (Wildman–Crippen MR) is 109 cm³/mol. The van der Waals surface area contributed by atoms with Gasteiger partial charge in [-0.05, 0) is 42.4 Å². The first-order valence-corrected chi connectivity index (χ1v) is 9.87. The minimum Gasteiger partial charge on any atom is -0.453 e. The Morgan fingerprint density at radius 3 is 2.68 bits per heavy atom. The van der Waals surface area contributed by atoms with E-state index in [4.69, 9.17) is 0 Å². The molecule has 2 N–H and O–H groups in total. The van der Waals surface area contributed by atoms with Gasteiger partial charge in [-0.2, -0.15) is 0 Å². The average Bonchev–Trinajstić information content (AvgIpc) is 3.03. The van der Waals surface area contributed by atoms with E-state index >= 15 is 0 Å². The average molecular weight is 398 g/mol. The minimum absolute atomic E-state index is 0.331. The molecule has 146 valence electrons. The van der Waals surface area contributed by atoms with E-state index in [2.05, 4.69) is 22.3 Å². The van der Waals surface area contributed by atoms with Gasteiger partial charge >= 0.3 is 6.09 Å². The summed E-state index contributed by atoms with van der Waals surface area (Å²) in [6.07, 6.45) is 4.87. The molecule has 1 aliphatic carbocycles. The fourth-order valence-electron chi connectivity index (χ4n) is 3.17. The quantitative estimate of drug-likeness (QED) is 0.762. The van der Waals surface area contributed by atoms with Gasteiger partial charge in [0, 0.05) is 11.0 Å². The molecule has 1 aliphatic rings. The van der Waals surface area contributed by atoms with Crippen LogP contribution < -0.4 is 10.6 Å². The topological polar surface area (TPSA) is 84.5 Å². The van der Waals surface area contributed by atoms with Crippen molar-refractivity contribution in [3.8, 4) is 0 Å². The molecule has 1 aromatic heterocycles. The number of alkyl carbamates (subject to hydrolysis) is 1. The number of carbonyl (C=O) groups excluding carboxylic acids is 3. The maximum atomic E-state index is 12.6. The minimum atomic E-state index is -0.824. The second kappa shape index (κ2) is 8.84. The van der Waals surface area contributed by atoms with Gasteiger partial charge in [0.2, 0.25) is 5.91 Å². The van der Waals surface area contributed by atoms with E-state index < -0.39 is 12.0 Å². The number of methoxy groups -OCH3 is 1. The van der Waals surface area contributed by atoms with Gasteiger partial charge in [0.05, 0.1) is 12.7 Å². The Morgan fingerprint density at radius 2 is 1.96 bits per heavy atom. The smallest absolute Gasteiger partial charge is 0.413 e. The summed E-state index contributed by atoms with van der Waals surface area (Å²) in [6, 6.07) is 9.47. The molecule has 3 amide bonds. The third kappa shape index (κ3) is 4.67. The highest BCUT2D eigenvalue weighted by Crippen LogP contribution is 2.39. The normalized spacial score (nSPS) is 15.7. The zero-order valence-corrected chi connectivity index (χ0v) is 16.6. The number of benzene rings is 1. The van der Waals surface area contributed by atoms with Crippen molar-refractivity contribution in [3.05, 3.63) is 58.0 Å². The van der Waals surface area contributed by atoms with Gasteiger partial charge < -0.3 is 10.1 Å². The van der Waals surface area contributed by atoms with Crippen LogP contribution in [0.5, 0.6) is 0 Å². The molecule has 2 aromatic rings. The van der Waals surface area contributed by atoms with Crippen molar-refractivity contribution in [2.24, 2.45) is 5.92 Å². The van der Waals surface area contributed by atoms with Crippen molar-refractivity contribution in [1.29, 1.82) is 0 Å². The van der Waals surface area contributed by atoms with E-state index in [-0.39, 0.29) is 5.91 Å². The summed E-state index contributed by atoms with van der Waals surface area (Å²) in [5.41, 5.74) is 2.17. The van der Waals surface area contributed by atoms with E-state index in [1.807, 2.05) is 30.3 Å². The summed E-state index contributed by atoms with van der Waals surface area (Å²) in [7, 11) is 1.20. The highest BCUT2D eigenvalue weighted by Gasteiger charge is 2.29. The largest absolute Gasteiger partial charge is 0.453 e. The lowest BCUT2D eigenvalue weighted by atomic mass is 9.88. The van der Waals surface area contributed by atoms with Gasteiger partial charge in [-0.25, -0.2) is 4.79 Å². The molecular weight excluding hydrogens is 376 g/mol. The van der Waals surface area contributed by atoms with E-state index in [1.54, 1.807) is 6.08 Å². The molecule has 0 saturated carbocycles. The van der Waals surface area contributed by atoms with Crippen LogP contribution in [0.25, 0.3) is 6.08 Å². The molecule has 28 heavy (non-hydrogen) atoms. The molecule has 0 spiro atoms. The lowest BCUT2D eigenvalue weighted by Crippen LogP contribution is -2.31. The number of imide groups is 1. The van der Waals surface area contributed by atoms with E-state index in [9.17, 15) is 14.4 Å². The van der Waals surface area contributed by atoms with Crippen LogP contribution in [0.2, 0.25) is 0 Å². The standard InChI is InChI=1S/C21H22N2O4S/c1-13-8-10-15-16(12-13)28-20(18(15)19(25)23-21(26)27-2)22-17(24)11-9-14-6-4-3-5-7-14/h3-7,9,11,13H,8,10,12H2,1-2H3,(H,22,24)(H,23,25,26)/b11-9+/t13-/m1/s1. The third-order valence-corrected chi connectivity index (χ3v) is 5.77. The molecule has 6 nitrogen and oxygen atoms in total. The number of hydrogen-bond acceptors (Lipinski definition) is 5. The van der Waals surface area contributed by atoms with Gasteiger partial charge in [-0.15, -0.1) is 11.3 Å². The number of amides is 3. The number of ether oxygens (including phenoxy) is 1. The number of hydrogen-bond donors (Lipinski definition) is 2. The predicted octanol–water partition coefficient (Wildman–Crippen LogP) is 4.02. The summed E-state index contributed by atoms with van der Waals surface area (Å²) >= 11 is 1.40. The van der Waals surface area contributed by atoms with Gasteiger partial charge in [0.1, 0.15) is 5.00 Å². The van der Waals surface area contributed by atoms with Crippen molar-refractivity contribution in [2.75, 3.05) is 12.4 Å². The highest BCUT2D eigenvalue weighted by atomic mass is 32.1. The third-order valence-electron chi connectivity index (χ3n) is 4.60. The molecule has 1 atom stereocenters. The SMILES string of the molecule is COC(=O)NC(=O)c1c(NC(=O)/C=C/c2ccccc2)sc2c1CC[C@@H](C)C2. The zero-order chi connectivity index (χ0) is 20.1. The van der Waals surface area contributed by atoms with E-state index in [1.165, 1.54) is 24.5 Å². The van der Waals surface area contributed by atoms with Crippen LogP contribution in [0, 0.1) is 5.92 Å². The summed E-state index contributed by atoms with van der Waals surface area (Å²) in [5, 5.41) is 5.47. The van der Waals surface area contributed by atoms with Gasteiger partial charge in [0.15, 0.2) is 0 Å². The van der Waals surface area contributed by atoms with Crippen LogP contribution in [0.4, 0.5) is 9.80 Å². The van der Waals surface area contributed by atoms with Gasteiger partial charge in [-0.3, -0.25) is 14.9 Å². The number of nitrogens with one attached hydrogen (secondary N) is 2. The first kappa shape index (κ1) is 19.8. The Hall–Kier alpha value is -2.93. The number of rotatable bonds is 4. The number of carbonyl (C=O) groups is 3. The Kier molecular flexibility index (Phi) is 6.26. The second-order valence-electron chi connectivity index (χ2n) is 6.73. The van der Waals surface area contributed by atoms with Crippen LogP contribution in [-0.2, 0) is 22.4 Å². The molecule has 0 saturated heterocycles. The molecule has 0 fully saturated rings.